The van der Waals surface area contributed by atoms with Gasteiger partial charge < -0.3 is 14.8 Å². The van der Waals surface area contributed by atoms with Gasteiger partial charge in [0.15, 0.2) is 0 Å². The molecule has 1 aliphatic heterocycles. The fraction of sp³-hybridized carbons (Fsp3) is 0.227. The molecule has 132 valence electrons. The fourth-order valence-electron chi connectivity index (χ4n) is 3.50. The van der Waals surface area contributed by atoms with Gasteiger partial charge in [-0.3, -0.25) is 4.79 Å². The second-order valence-electron chi connectivity index (χ2n) is 6.74. The predicted octanol–water partition coefficient (Wildman–Crippen LogP) is 4.55. The van der Waals surface area contributed by atoms with Gasteiger partial charge in [-0.2, -0.15) is 0 Å². The van der Waals surface area contributed by atoms with E-state index in [0.29, 0.717) is 6.54 Å². The average Bonchev–Trinajstić information content (AvgIpc) is 3.00. The van der Waals surface area contributed by atoms with E-state index in [9.17, 15) is 4.79 Å². The molecule has 3 aromatic carbocycles. The smallest absolute Gasteiger partial charge is 0.251 e. The van der Waals surface area contributed by atoms with Crippen LogP contribution in [0.25, 0.3) is 21.9 Å². The number of hydrogen-bond acceptors (Lipinski definition) is 3. The van der Waals surface area contributed by atoms with Crippen molar-refractivity contribution in [3.05, 3.63) is 59.7 Å². The summed E-state index contributed by atoms with van der Waals surface area (Å²) in [7, 11) is 1.66. The molecule has 0 unspecified atom stereocenters. The number of rotatable bonds is 4. The van der Waals surface area contributed by atoms with Crippen LogP contribution in [0.15, 0.2) is 48.5 Å². The highest BCUT2D eigenvalue weighted by Crippen LogP contribution is 2.38. The Morgan fingerprint density at radius 2 is 1.73 bits per heavy atom. The number of benzene rings is 3. The van der Waals surface area contributed by atoms with Gasteiger partial charge in [0.2, 0.25) is 0 Å². The molecule has 4 nitrogen and oxygen atoms in total. The molecule has 0 aliphatic carbocycles. The summed E-state index contributed by atoms with van der Waals surface area (Å²) >= 11 is 0. The Kier molecular flexibility index (Phi) is 4.03. The highest BCUT2D eigenvalue weighted by atomic mass is 16.5. The molecule has 1 N–H and O–H groups in total. The molecule has 4 heteroatoms. The highest BCUT2D eigenvalue weighted by molar-refractivity contribution is 6.09. The van der Waals surface area contributed by atoms with Crippen molar-refractivity contribution in [3.8, 4) is 22.6 Å². The topological polar surface area (TPSA) is 47.6 Å². The van der Waals surface area contributed by atoms with E-state index in [1.54, 1.807) is 7.11 Å². The van der Waals surface area contributed by atoms with E-state index in [-0.39, 0.29) is 12.0 Å². The number of methoxy groups -OCH3 is 1. The third-order valence-corrected chi connectivity index (χ3v) is 4.64. The molecule has 0 radical (unpaired) electrons. The molecule has 0 aromatic heterocycles. The number of nitrogens with one attached hydrogen (secondary N) is 1. The lowest BCUT2D eigenvalue weighted by Gasteiger charge is -2.15. The monoisotopic (exact) mass is 347 g/mol. The molecule has 1 heterocycles. The van der Waals surface area contributed by atoms with Crippen LogP contribution in [0.1, 0.15) is 29.8 Å². The van der Waals surface area contributed by atoms with Crippen LogP contribution in [-0.2, 0) is 6.54 Å². The molecule has 1 amide bonds. The van der Waals surface area contributed by atoms with Crippen molar-refractivity contribution < 1.29 is 14.3 Å². The van der Waals surface area contributed by atoms with Gasteiger partial charge in [0, 0.05) is 12.1 Å². The molecule has 0 saturated carbocycles. The van der Waals surface area contributed by atoms with E-state index in [1.165, 1.54) is 0 Å². The lowest BCUT2D eigenvalue weighted by Crippen LogP contribution is -2.12. The summed E-state index contributed by atoms with van der Waals surface area (Å²) in [5.74, 6) is 1.63. The van der Waals surface area contributed by atoms with Crippen LogP contribution in [0.3, 0.4) is 0 Å². The first-order valence-electron chi connectivity index (χ1n) is 8.75. The Balaban J connectivity index is 1.98. The maximum absolute atomic E-state index is 12.2. The van der Waals surface area contributed by atoms with Crippen LogP contribution < -0.4 is 14.8 Å². The van der Waals surface area contributed by atoms with Crippen LogP contribution in [-0.4, -0.2) is 19.1 Å². The summed E-state index contributed by atoms with van der Waals surface area (Å²) in [6, 6.07) is 16.0. The molecule has 26 heavy (non-hydrogen) atoms. The van der Waals surface area contributed by atoms with Crippen LogP contribution >= 0.6 is 0 Å². The van der Waals surface area contributed by atoms with E-state index in [4.69, 9.17) is 9.47 Å². The minimum Gasteiger partial charge on any atom is -0.497 e. The first-order valence-corrected chi connectivity index (χ1v) is 8.75. The summed E-state index contributed by atoms with van der Waals surface area (Å²) in [4.78, 5) is 12.2. The minimum atomic E-state index is -0.0147. The molecular weight excluding hydrogens is 326 g/mol. The Morgan fingerprint density at radius 3 is 2.42 bits per heavy atom. The summed E-state index contributed by atoms with van der Waals surface area (Å²) in [6.45, 7) is 4.57. The number of ether oxygens (including phenoxy) is 2. The Hall–Kier alpha value is -3.01. The van der Waals surface area contributed by atoms with Crippen molar-refractivity contribution >= 4 is 16.7 Å². The molecular formula is C22H21NO3. The molecule has 0 atom stereocenters. The summed E-state index contributed by atoms with van der Waals surface area (Å²) < 4.78 is 11.2. The molecule has 0 fully saturated rings. The van der Waals surface area contributed by atoms with Gasteiger partial charge in [0.1, 0.15) is 11.5 Å². The number of carbonyl (C=O) groups is 1. The lowest BCUT2D eigenvalue weighted by molar-refractivity contribution is 0.0966. The predicted molar refractivity (Wildman–Crippen MR) is 103 cm³/mol. The van der Waals surface area contributed by atoms with E-state index in [0.717, 1.165) is 44.5 Å². The van der Waals surface area contributed by atoms with Gasteiger partial charge in [-0.15, -0.1) is 0 Å². The van der Waals surface area contributed by atoms with Crippen molar-refractivity contribution in [3.63, 3.8) is 0 Å². The number of hydrogen-bond donors (Lipinski definition) is 1. The molecule has 4 rings (SSSR count). The first-order chi connectivity index (χ1) is 12.6. The van der Waals surface area contributed by atoms with Gasteiger partial charge >= 0.3 is 0 Å². The van der Waals surface area contributed by atoms with Gasteiger partial charge in [-0.25, -0.2) is 0 Å². The Labute approximate surface area is 152 Å². The average molecular weight is 347 g/mol. The minimum absolute atomic E-state index is 0.0147. The van der Waals surface area contributed by atoms with Gasteiger partial charge in [0.05, 0.1) is 13.2 Å². The molecule has 0 spiro atoms. The summed E-state index contributed by atoms with van der Waals surface area (Å²) in [5, 5.41) is 5.06. The zero-order chi connectivity index (χ0) is 18.3. The van der Waals surface area contributed by atoms with Crippen molar-refractivity contribution in [1.82, 2.24) is 5.32 Å². The van der Waals surface area contributed by atoms with Crippen LogP contribution in [0.4, 0.5) is 0 Å². The van der Waals surface area contributed by atoms with Gasteiger partial charge in [-0.1, -0.05) is 18.2 Å². The second kappa shape index (κ2) is 6.37. The zero-order valence-electron chi connectivity index (χ0n) is 15.1. The van der Waals surface area contributed by atoms with Crippen molar-refractivity contribution in [2.45, 2.75) is 26.5 Å². The maximum atomic E-state index is 12.2. The van der Waals surface area contributed by atoms with Crippen molar-refractivity contribution in [1.29, 1.82) is 0 Å². The fourth-order valence-corrected chi connectivity index (χ4v) is 3.50. The number of carbonyl (C=O) groups excluding carboxylic acids is 1. The molecule has 1 aliphatic rings. The molecule has 3 aromatic rings. The van der Waals surface area contributed by atoms with Gasteiger partial charge in [-0.05, 0) is 71.6 Å². The van der Waals surface area contributed by atoms with Crippen LogP contribution in [0.2, 0.25) is 0 Å². The van der Waals surface area contributed by atoms with Crippen LogP contribution in [0, 0.1) is 0 Å². The van der Waals surface area contributed by atoms with E-state index >= 15 is 0 Å². The van der Waals surface area contributed by atoms with Crippen molar-refractivity contribution in [2.75, 3.05) is 7.11 Å². The van der Waals surface area contributed by atoms with Gasteiger partial charge in [0.25, 0.3) is 5.91 Å². The lowest BCUT2D eigenvalue weighted by atomic mass is 9.90. The standard InChI is InChI=1S/C22H21NO3/c1-13(2)26-17-9-6-15-10-19-20(12-23-22(19)24)21(18(15)11-17)14-4-7-16(25-3)8-5-14/h4-11,13H,12H2,1-3H3,(H,23,24). The van der Waals surface area contributed by atoms with E-state index < -0.39 is 0 Å². The Morgan fingerprint density at radius 1 is 1.00 bits per heavy atom. The molecule has 0 saturated heterocycles. The molecule has 0 bridgehead atoms. The highest BCUT2D eigenvalue weighted by Gasteiger charge is 2.25. The maximum Gasteiger partial charge on any atom is 0.251 e. The van der Waals surface area contributed by atoms with Crippen molar-refractivity contribution in [2.24, 2.45) is 0 Å². The largest absolute Gasteiger partial charge is 0.497 e. The third-order valence-electron chi connectivity index (χ3n) is 4.64. The zero-order valence-corrected chi connectivity index (χ0v) is 15.1. The van der Waals surface area contributed by atoms with E-state index in [1.807, 2.05) is 56.3 Å². The summed E-state index contributed by atoms with van der Waals surface area (Å²) in [5.41, 5.74) is 3.92. The van der Waals surface area contributed by atoms with Crippen LogP contribution in [0.5, 0.6) is 11.5 Å². The summed E-state index contributed by atoms with van der Waals surface area (Å²) in [6.07, 6.45) is 0.106. The number of fused-ring (bicyclic) bond motifs is 2. The quantitative estimate of drug-likeness (QED) is 0.753. The Bertz CT molecular complexity index is 990. The normalized spacial score (nSPS) is 13.0. The second-order valence-corrected chi connectivity index (χ2v) is 6.74. The SMILES string of the molecule is COc1ccc(-c2c3c(cc4ccc(OC(C)C)cc24)C(=O)NC3)cc1. The first kappa shape index (κ1) is 16.5. The number of amides is 1. The third kappa shape index (κ3) is 2.77. The van der Waals surface area contributed by atoms with E-state index in [2.05, 4.69) is 11.4 Å².